The standard InChI is InChI=1S/C12H18BrN3O2/c1-8(2)10(17)5-6-14-12(18)16-9-3-4-11(13)15-7-9/h3-4,7-8,10,17H,5-6H2,1-2H3,(H2,14,16,18). The predicted molar refractivity (Wildman–Crippen MR) is 74.4 cm³/mol. The van der Waals surface area contributed by atoms with Crippen LogP contribution in [0.4, 0.5) is 10.5 Å². The fourth-order valence-corrected chi connectivity index (χ4v) is 1.53. The number of aromatic nitrogens is 1. The van der Waals surface area contributed by atoms with Gasteiger partial charge in [0.15, 0.2) is 0 Å². The fourth-order valence-electron chi connectivity index (χ4n) is 1.29. The van der Waals surface area contributed by atoms with Gasteiger partial charge in [-0.2, -0.15) is 0 Å². The van der Waals surface area contributed by atoms with E-state index in [4.69, 9.17) is 0 Å². The van der Waals surface area contributed by atoms with Crippen LogP contribution < -0.4 is 10.6 Å². The van der Waals surface area contributed by atoms with Gasteiger partial charge >= 0.3 is 6.03 Å². The number of nitrogens with one attached hydrogen (secondary N) is 2. The maximum Gasteiger partial charge on any atom is 0.319 e. The molecule has 18 heavy (non-hydrogen) atoms. The van der Waals surface area contributed by atoms with Gasteiger partial charge in [-0.15, -0.1) is 0 Å². The normalized spacial score (nSPS) is 12.3. The first kappa shape index (κ1) is 14.9. The van der Waals surface area contributed by atoms with E-state index < -0.39 is 0 Å². The van der Waals surface area contributed by atoms with E-state index in [-0.39, 0.29) is 18.1 Å². The molecule has 0 spiro atoms. The Morgan fingerprint density at radius 2 is 2.22 bits per heavy atom. The number of hydrogen-bond acceptors (Lipinski definition) is 3. The van der Waals surface area contributed by atoms with Crippen LogP contribution in [0.15, 0.2) is 22.9 Å². The van der Waals surface area contributed by atoms with E-state index in [1.807, 2.05) is 13.8 Å². The molecule has 5 nitrogen and oxygen atoms in total. The molecule has 0 aromatic carbocycles. The van der Waals surface area contributed by atoms with Crippen molar-refractivity contribution in [2.45, 2.75) is 26.4 Å². The summed E-state index contributed by atoms with van der Waals surface area (Å²) in [6, 6.07) is 3.20. The third kappa shape index (κ3) is 5.46. The average Bonchev–Trinajstić information content (AvgIpc) is 2.32. The molecule has 1 atom stereocenters. The zero-order valence-electron chi connectivity index (χ0n) is 10.5. The van der Waals surface area contributed by atoms with Gasteiger partial charge in [0.2, 0.25) is 0 Å². The molecule has 0 aliphatic rings. The first-order chi connectivity index (χ1) is 8.49. The minimum atomic E-state index is -0.389. The van der Waals surface area contributed by atoms with Crippen molar-refractivity contribution in [3.05, 3.63) is 22.9 Å². The number of rotatable bonds is 5. The second kappa shape index (κ2) is 7.33. The lowest BCUT2D eigenvalue weighted by molar-refractivity contribution is 0.117. The van der Waals surface area contributed by atoms with Gasteiger partial charge in [0.1, 0.15) is 4.60 Å². The number of aliphatic hydroxyl groups is 1. The van der Waals surface area contributed by atoms with Gasteiger partial charge in [-0.3, -0.25) is 0 Å². The first-order valence-corrected chi connectivity index (χ1v) is 6.63. The van der Waals surface area contributed by atoms with Crippen LogP contribution in [0.3, 0.4) is 0 Å². The molecular weight excluding hydrogens is 298 g/mol. The third-order valence-electron chi connectivity index (χ3n) is 2.48. The second-order valence-corrected chi connectivity index (χ2v) is 5.16. The summed E-state index contributed by atoms with van der Waals surface area (Å²) < 4.78 is 0.716. The van der Waals surface area contributed by atoms with Crippen LogP contribution in [0, 0.1) is 5.92 Å². The lowest BCUT2D eigenvalue weighted by Gasteiger charge is -2.14. The number of hydrogen-bond donors (Lipinski definition) is 3. The van der Waals surface area contributed by atoms with Crippen LogP contribution in [0.2, 0.25) is 0 Å². The van der Waals surface area contributed by atoms with Crippen LogP contribution in [0.25, 0.3) is 0 Å². The number of amides is 2. The van der Waals surface area contributed by atoms with E-state index in [2.05, 4.69) is 31.5 Å². The summed E-state index contributed by atoms with van der Waals surface area (Å²) in [7, 11) is 0. The van der Waals surface area contributed by atoms with Crippen LogP contribution >= 0.6 is 15.9 Å². The molecule has 100 valence electrons. The molecule has 1 unspecified atom stereocenters. The van der Waals surface area contributed by atoms with Crippen molar-refractivity contribution >= 4 is 27.6 Å². The Morgan fingerprint density at radius 1 is 1.50 bits per heavy atom. The van der Waals surface area contributed by atoms with Gasteiger partial charge in [-0.1, -0.05) is 13.8 Å². The summed E-state index contributed by atoms with van der Waals surface area (Å²) in [5, 5.41) is 14.9. The Morgan fingerprint density at radius 3 is 2.78 bits per heavy atom. The number of pyridine rings is 1. The minimum absolute atomic E-state index is 0.200. The molecule has 0 aliphatic carbocycles. The van der Waals surface area contributed by atoms with Crippen molar-refractivity contribution in [2.75, 3.05) is 11.9 Å². The fraction of sp³-hybridized carbons (Fsp3) is 0.500. The Hall–Kier alpha value is -1.14. The first-order valence-electron chi connectivity index (χ1n) is 5.83. The van der Waals surface area contributed by atoms with Gasteiger partial charge in [-0.05, 0) is 40.4 Å². The maximum atomic E-state index is 11.5. The molecule has 3 N–H and O–H groups in total. The zero-order chi connectivity index (χ0) is 13.5. The Labute approximate surface area is 115 Å². The molecule has 0 saturated heterocycles. The van der Waals surface area contributed by atoms with Gasteiger partial charge < -0.3 is 15.7 Å². The Kier molecular flexibility index (Phi) is 6.07. The van der Waals surface area contributed by atoms with E-state index in [0.29, 0.717) is 23.3 Å². The highest BCUT2D eigenvalue weighted by Crippen LogP contribution is 2.10. The van der Waals surface area contributed by atoms with E-state index in [1.165, 1.54) is 0 Å². The van der Waals surface area contributed by atoms with Crippen molar-refractivity contribution in [1.29, 1.82) is 0 Å². The average molecular weight is 316 g/mol. The van der Waals surface area contributed by atoms with Gasteiger partial charge in [0.05, 0.1) is 18.0 Å². The number of carbonyl (C=O) groups is 1. The number of anilines is 1. The molecule has 0 aliphatic heterocycles. The number of carbonyl (C=O) groups excluding carboxylic acids is 1. The molecule has 1 aromatic heterocycles. The van der Waals surface area contributed by atoms with Crippen molar-refractivity contribution in [2.24, 2.45) is 5.92 Å². The molecule has 1 heterocycles. The molecule has 6 heteroatoms. The van der Waals surface area contributed by atoms with Crippen LogP contribution in [0.5, 0.6) is 0 Å². The summed E-state index contributed by atoms with van der Waals surface area (Å²) >= 11 is 3.22. The molecule has 0 saturated carbocycles. The second-order valence-electron chi connectivity index (χ2n) is 4.35. The number of halogens is 1. The zero-order valence-corrected chi connectivity index (χ0v) is 12.1. The Bertz CT molecular complexity index is 381. The number of aliphatic hydroxyl groups excluding tert-OH is 1. The summed E-state index contributed by atoms with van der Waals surface area (Å²) in [5.41, 5.74) is 0.625. The highest BCUT2D eigenvalue weighted by molar-refractivity contribution is 9.10. The SMILES string of the molecule is CC(C)C(O)CCNC(=O)Nc1ccc(Br)nc1. The quantitative estimate of drug-likeness (QED) is 0.730. The molecule has 0 fully saturated rings. The van der Waals surface area contributed by atoms with E-state index >= 15 is 0 Å². The topological polar surface area (TPSA) is 74.2 Å². The molecule has 2 amide bonds. The number of nitrogens with zero attached hydrogens (tertiary/aromatic N) is 1. The molecule has 1 aromatic rings. The Balaban J connectivity index is 2.27. The number of urea groups is 1. The van der Waals surface area contributed by atoms with Crippen molar-refractivity contribution in [1.82, 2.24) is 10.3 Å². The third-order valence-corrected chi connectivity index (χ3v) is 2.95. The molecule has 0 radical (unpaired) electrons. The molecule has 1 rings (SSSR count). The smallest absolute Gasteiger partial charge is 0.319 e. The summed E-state index contributed by atoms with van der Waals surface area (Å²) in [4.78, 5) is 15.5. The van der Waals surface area contributed by atoms with Crippen molar-refractivity contribution in [3.63, 3.8) is 0 Å². The molecular formula is C12H18BrN3O2. The minimum Gasteiger partial charge on any atom is -0.393 e. The van der Waals surface area contributed by atoms with E-state index in [1.54, 1.807) is 18.3 Å². The predicted octanol–water partition coefficient (Wildman–Crippen LogP) is 2.37. The van der Waals surface area contributed by atoms with E-state index in [0.717, 1.165) is 0 Å². The van der Waals surface area contributed by atoms with Crippen LogP contribution in [-0.4, -0.2) is 28.8 Å². The summed E-state index contributed by atoms with van der Waals surface area (Å²) in [5.74, 6) is 0.200. The van der Waals surface area contributed by atoms with Gasteiger partial charge in [-0.25, -0.2) is 9.78 Å². The van der Waals surface area contributed by atoms with E-state index in [9.17, 15) is 9.90 Å². The van der Waals surface area contributed by atoms with Crippen molar-refractivity contribution in [3.8, 4) is 0 Å². The summed E-state index contributed by atoms with van der Waals surface area (Å²) in [6.45, 7) is 4.33. The highest BCUT2D eigenvalue weighted by atomic mass is 79.9. The lowest BCUT2D eigenvalue weighted by Crippen LogP contribution is -2.32. The van der Waals surface area contributed by atoms with Gasteiger partial charge in [0, 0.05) is 6.54 Å². The lowest BCUT2D eigenvalue weighted by atomic mass is 10.0. The summed E-state index contributed by atoms with van der Waals surface area (Å²) in [6.07, 6.45) is 1.72. The molecule has 0 bridgehead atoms. The van der Waals surface area contributed by atoms with Crippen LogP contribution in [-0.2, 0) is 0 Å². The van der Waals surface area contributed by atoms with Gasteiger partial charge in [0.25, 0.3) is 0 Å². The highest BCUT2D eigenvalue weighted by Gasteiger charge is 2.09. The largest absolute Gasteiger partial charge is 0.393 e. The monoisotopic (exact) mass is 315 g/mol. The maximum absolute atomic E-state index is 11.5. The van der Waals surface area contributed by atoms with Crippen LogP contribution in [0.1, 0.15) is 20.3 Å². The van der Waals surface area contributed by atoms with Crippen molar-refractivity contribution < 1.29 is 9.90 Å².